The highest BCUT2D eigenvalue weighted by Crippen LogP contribution is 2.35. The highest BCUT2D eigenvalue weighted by atomic mass is 16.5. The number of aliphatic hydroxyl groups is 1. The van der Waals surface area contributed by atoms with Gasteiger partial charge in [0.05, 0.1) is 6.10 Å². The van der Waals surface area contributed by atoms with Crippen molar-refractivity contribution in [1.29, 1.82) is 0 Å². The van der Waals surface area contributed by atoms with Crippen molar-refractivity contribution in [3.05, 3.63) is 42.5 Å². The van der Waals surface area contributed by atoms with Crippen molar-refractivity contribution < 1.29 is 9.84 Å². The maximum Gasteiger partial charge on any atom is 0.120 e. The molecule has 4 rings (SSSR count). The van der Waals surface area contributed by atoms with Crippen LogP contribution < -0.4 is 4.74 Å². The van der Waals surface area contributed by atoms with Crippen LogP contribution in [0.4, 0.5) is 0 Å². The van der Waals surface area contributed by atoms with E-state index in [0.717, 1.165) is 31.9 Å². The van der Waals surface area contributed by atoms with E-state index in [1.165, 1.54) is 36.5 Å². The molecule has 3 atom stereocenters. The van der Waals surface area contributed by atoms with Crippen LogP contribution in [0, 0.1) is 5.92 Å². The molecule has 2 aromatic carbocycles. The Morgan fingerprint density at radius 3 is 2.75 bits per heavy atom. The van der Waals surface area contributed by atoms with Gasteiger partial charge in [-0.2, -0.15) is 0 Å². The third-order valence-corrected chi connectivity index (χ3v) is 5.83. The lowest BCUT2D eigenvalue weighted by Crippen LogP contribution is -2.53. The molecule has 24 heavy (non-hydrogen) atoms. The van der Waals surface area contributed by atoms with Crippen molar-refractivity contribution in [2.45, 2.75) is 44.2 Å². The van der Waals surface area contributed by atoms with Crippen LogP contribution in [0.25, 0.3) is 10.8 Å². The summed E-state index contributed by atoms with van der Waals surface area (Å²) in [4.78, 5) is 2.55. The molecule has 0 bridgehead atoms. The van der Waals surface area contributed by atoms with Crippen LogP contribution in [-0.4, -0.2) is 41.8 Å². The number of piperidine rings is 1. The molecule has 1 heterocycles. The Labute approximate surface area is 144 Å². The average molecular weight is 325 g/mol. The zero-order chi connectivity index (χ0) is 16.4. The molecule has 1 aliphatic heterocycles. The number of hydrogen-bond donors (Lipinski definition) is 1. The number of hydrogen-bond acceptors (Lipinski definition) is 3. The molecule has 2 aliphatic rings. The number of fused-ring (bicyclic) bond motifs is 2. The van der Waals surface area contributed by atoms with Gasteiger partial charge in [0, 0.05) is 25.0 Å². The van der Waals surface area contributed by atoms with Gasteiger partial charge in [0.2, 0.25) is 0 Å². The van der Waals surface area contributed by atoms with Gasteiger partial charge in [-0.25, -0.2) is 0 Å². The van der Waals surface area contributed by atoms with Crippen LogP contribution >= 0.6 is 0 Å². The van der Waals surface area contributed by atoms with Crippen molar-refractivity contribution in [2.75, 3.05) is 19.7 Å². The summed E-state index contributed by atoms with van der Waals surface area (Å²) in [5, 5.41) is 12.7. The fraction of sp³-hybridized carbons (Fsp3) is 0.524. The monoisotopic (exact) mass is 325 g/mol. The van der Waals surface area contributed by atoms with Gasteiger partial charge < -0.3 is 9.84 Å². The first-order valence-electron chi connectivity index (χ1n) is 9.35. The molecule has 0 spiro atoms. The predicted octanol–water partition coefficient (Wildman–Crippen LogP) is 3.84. The molecule has 1 N–H and O–H groups in total. The van der Waals surface area contributed by atoms with E-state index in [0.29, 0.717) is 12.0 Å². The second-order valence-corrected chi connectivity index (χ2v) is 7.27. The summed E-state index contributed by atoms with van der Waals surface area (Å²) in [6.45, 7) is 2.68. The zero-order valence-corrected chi connectivity index (χ0v) is 14.2. The van der Waals surface area contributed by atoms with E-state index in [4.69, 9.17) is 4.74 Å². The molecule has 0 amide bonds. The molecule has 1 saturated heterocycles. The molecule has 1 aliphatic carbocycles. The summed E-state index contributed by atoms with van der Waals surface area (Å²) in [6.07, 6.45) is 5.83. The van der Waals surface area contributed by atoms with Crippen molar-refractivity contribution in [3.63, 3.8) is 0 Å². The maximum atomic E-state index is 10.3. The van der Waals surface area contributed by atoms with Crippen LogP contribution in [0.1, 0.15) is 32.1 Å². The Bertz CT molecular complexity index is 686. The van der Waals surface area contributed by atoms with Gasteiger partial charge >= 0.3 is 0 Å². The summed E-state index contributed by atoms with van der Waals surface area (Å²) >= 11 is 0. The van der Waals surface area contributed by atoms with E-state index in [-0.39, 0.29) is 6.10 Å². The quantitative estimate of drug-likeness (QED) is 0.927. The lowest BCUT2D eigenvalue weighted by atomic mass is 9.76. The number of ether oxygens (including phenoxy) is 1. The molecule has 3 unspecified atom stereocenters. The van der Waals surface area contributed by atoms with Gasteiger partial charge in [-0.3, -0.25) is 4.90 Å². The lowest BCUT2D eigenvalue weighted by molar-refractivity contribution is -0.0392. The Hall–Kier alpha value is -1.58. The summed E-state index contributed by atoms with van der Waals surface area (Å²) in [7, 11) is 0. The highest BCUT2D eigenvalue weighted by molar-refractivity contribution is 5.83. The van der Waals surface area contributed by atoms with Gasteiger partial charge in [-0.1, -0.05) is 43.2 Å². The Morgan fingerprint density at radius 2 is 1.83 bits per heavy atom. The van der Waals surface area contributed by atoms with Crippen molar-refractivity contribution in [1.82, 2.24) is 4.90 Å². The predicted molar refractivity (Wildman–Crippen MR) is 97.4 cm³/mol. The second-order valence-electron chi connectivity index (χ2n) is 7.27. The molecule has 2 aromatic rings. The zero-order valence-electron chi connectivity index (χ0n) is 14.2. The van der Waals surface area contributed by atoms with Gasteiger partial charge in [0.25, 0.3) is 0 Å². The molecule has 2 fully saturated rings. The molecular weight excluding hydrogens is 298 g/mol. The summed E-state index contributed by atoms with van der Waals surface area (Å²) < 4.78 is 6.02. The Kier molecular flexibility index (Phi) is 4.72. The molecule has 3 heteroatoms. The molecule has 1 saturated carbocycles. The molecule has 3 nitrogen and oxygen atoms in total. The maximum absolute atomic E-state index is 10.3. The van der Waals surface area contributed by atoms with E-state index in [2.05, 4.69) is 47.4 Å². The number of nitrogens with zero attached hydrogens (tertiary/aromatic N) is 1. The van der Waals surface area contributed by atoms with Gasteiger partial charge in [0.15, 0.2) is 0 Å². The Morgan fingerprint density at radius 1 is 1.00 bits per heavy atom. The lowest BCUT2D eigenvalue weighted by Gasteiger charge is -2.46. The van der Waals surface area contributed by atoms with E-state index in [1.807, 2.05) is 0 Å². The van der Waals surface area contributed by atoms with Crippen molar-refractivity contribution >= 4 is 10.8 Å². The normalized spacial score (nSPS) is 27.8. The number of aliphatic hydroxyl groups excluding tert-OH is 1. The molecular formula is C21H27NO2. The van der Waals surface area contributed by atoms with E-state index >= 15 is 0 Å². The number of rotatable bonds is 4. The minimum atomic E-state index is -0.0899. The number of benzene rings is 2. The van der Waals surface area contributed by atoms with Crippen LogP contribution in [-0.2, 0) is 0 Å². The van der Waals surface area contributed by atoms with Crippen LogP contribution in [0.2, 0.25) is 0 Å². The number of likely N-dealkylation sites (tertiary alicyclic amines) is 1. The second kappa shape index (κ2) is 7.12. The highest BCUT2D eigenvalue weighted by Gasteiger charge is 2.38. The summed E-state index contributed by atoms with van der Waals surface area (Å²) in [5.41, 5.74) is 0. The third-order valence-electron chi connectivity index (χ3n) is 5.83. The largest absolute Gasteiger partial charge is 0.492 e. The van der Waals surface area contributed by atoms with Gasteiger partial charge in [-0.05, 0) is 42.2 Å². The van der Waals surface area contributed by atoms with Crippen molar-refractivity contribution in [3.8, 4) is 5.75 Å². The molecule has 128 valence electrons. The standard InChI is InChI=1S/C21H27NO2/c23-21-11-12-22(20-8-4-3-7-19(20)21)13-14-24-18-10-9-16-5-1-2-6-17(16)15-18/h1-2,5-6,9-10,15,19-21,23H,3-4,7-8,11-14H2. The summed E-state index contributed by atoms with van der Waals surface area (Å²) in [6, 6.07) is 15.2. The minimum absolute atomic E-state index is 0.0899. The Balaban J connectivity index is 1.35. The van der Waals surface area contributed by atoms with Crippen LogP contribution in [0.3, 0.4) is 0 Å². The van der Waals surface area contributed by atoms with E-state index < -0.39 is 0 Å². The summed E-state index contributed by atoms with van der Waals surface area (Å²) in [5.74, 6) is 1.43. The van der Waals surface area contributed by atoms with E-state index in [9.17, 15) is 5.11 Å². The first-order chi connectivity index (χ1) is 11.8. The topological polar surface area (TPSA) is 32.7 Å². The minimum Gasteiger partial charge on any atom is -0.492 e. The van der Waals surface area contributed by atoms with Gasteiger partial charge in [0.1, 0.15) is 12.4 Å². The fourth-order valence-electron chi connectivity index (χ4n) is 4.54. The SMILES string of the molecule is OC1CCN(CCOc2ccc3ccccc3c2)C2CCCCC12. The van der Waals surface area contributed by atoms with Crippen LogP contribution in [0.5, 0.6) is 5.75 Å². The van der Waals surface area contributed by atoms with Crippen LogP contribution in [0.15, 0.2) is 42.5 Å². The first-order valence-corrected chi connectivity index (χ1v) is 9.35. The fourth-order valence-corrected chi connectivity index (χ4v) is 4.54. The van der Waals surface area contributed by atoms with E-state index in [1.54, 1.807) is 0 Å². The van der Waals surface area contributed by atoms with Gasteiger partial charge in [-0.15, -0.1) is 0 Å². The van der Waals surface area contributed by atoms with Crippen molar-refractivity contribution in [2.24, 2.45) is 5.92 Å². The first kappa shape index (κ1) is 15.9. The average Bonchev–Trinajstić information content (AvgIpc) is 2.64. The molecule has 0 aromatic heterocycles. The molecule has 0 radical (unpaired) electrons. The smallest absolute Gasteiger partial charge is 0.120 e. The third kappa shape index (κ3) is 3.28.